The Bertz CT molecular complexity index is 499. The normalized spacial score (nSPS) is 9.67. The second-order valence-corrected chi connectivity index (χ2v) is 7.17. The number of ketones is 3. The van der Waals surface area contributed by atoms with Crippen LogP contribution in [-0.4, -0.2) is 45.0 Å². The average Bonchev–Trinajstić information content (AvgIpc) is 2.68. The highest BCUT2D eigenvalue weighted by Crippen LogP contribution is 2.09. The standard InChI is InChI=1S/C11H16O5.C11H22O2.H2O/c1-2-3-4-5-6-7-8(12)9(13)10(14)11(15)16;1-2-3-4-5-6-7-8-9-10-11(12)13;/h2-7H2,1H3,(H,15,16);2-10H2,1H3,(H,12,13);1H2. The molecule has 0 aromatic heterocycles. The zero-order valence-electron chi connectivity index (χ0n) is 18.5. The van der Waals surface area contributed by atoms with Crippen LogP contribution in [0.15, 0.2) is 0 Å². The van der Waals surface area contributed by atoms with Crippen LogP contribution in [0.4, 0.5) is 0 Å². The molecular formula is C22H40O8. The fourth-order valence-electron chi connectivity index (χ4n) is 2.64. The van der Waals surface area contributed by atoms with Crippen LogP contribution in [0, 0.1) is 0 Å². The highest BCUT2D eigenvalue weighted by Gasteiger charge is 2.27. The van der Waals surface area contributed by atoms with Gasteiger partial charge < -0.3 is 15.7 Å². The van der Waals surface area contributed by atoms with E-state index in [9.17, 15) is 24.0 Å². The number of rotatable bonds is 18. The minimum Gasteiger partial charge on any atom is -0.481 e. The van der Waals surface area contributed by atoms with Gasteiger partial charge in [-0.1, -0.05) is 84.5 Å². The second-order valence-electron chi connectivity index (χ2n) is 7.17. The smallest absolute Gasteiger partial charge is 0.380 e. The zero-order valence-corrected chi connectivity index (χ0v) is 18.5. The highest BCUT2D eigenvalue weighted by atomic mass is 16.4. The lowest BCUT2D eigenvalue weighted by Gasteiger charge is -1.99. The van der Waals surface area contributed by atoms with Crippen molar-refractivity contribution < 1.29 is 39.7 Å². The summed E-state index contributed by atoms with van der Waals surface area (Å²) in [5, 5.41) is 16.6. The molecule has 0 aliphatic rings. The molecule has 0 aliphatic carbocycles. The van der Waals surface area contributed by atoms with Gasteiger partial charge in [-0.25, -0.2) is 4.79 Å². The molecular weight excluding hydrogens is 392 g/mol. The first-order valence-electron chi connectivity index (χ1n) is 10.8. The lowest BCUT2D eigenvalue weighted by molar-refractivity contribution is -0.155. The Kier molecular flexibility index (Phi) is 25.2. The van der Waals surface area contributed by atoms with Crippen molar-refractivity contribution in [1.82, 2.24) is 0 Å². The van der Waals surface area contributed by atoms with Crippen molar-refractivity contribution in [3.05, 3.63) is 0 Å². The number of carboxylic acid groups (broad SMARTS) is 2. The molecule has 8 heteroatoms. The number of hydrogen-bond acceptors (Lipinski definition) is 5. The molecule has 0 bridgehead atoms. The minimum atomic E-state index is -1.87. The van der Waals surface area contributed by atoms with Gasteiger partial charge in [-0.05, 0) is 12.8 Å². The number of carbonyl (C=O) groups is 5. The van der Waals surface area contributed by atoms with Crippen molar-refractivity contribution in [2.45, 2.75) is 110 Å². The van der Waals surface area contributed by atoms with Gasteiger partial charge in [-0.3, -0.25) is 19.2 Å². The van der Waals surface area contributed by atoms with Gasteiger partial charge in [-0.2, -0.15) is 0 Å². The van der Waals surface area contributed by atoms with E-state index in [4.69, 9.17) is 10.2 Å². The van der Waals surface area contributed by atoms with Gasteiger partial charge >= 0.3 is 17.7 Å². The van der Waals surface area contributed by atoms with E-state index in [0.29, 0.717) is 12.8 Å². The number of carbonyl (C=O) groups excluding carboxylic acids is 3. The topological polar surface area (TPSA) is 157 Å². The number of hydrogen-bond donors (Lipinski definition) is 2. The third kappa shape index (κ3) is 22.2. The summed E-state index contributed by atoms with van der Waals surface area (Å²) in [5.41, 5.74) is 0. The fourth-order valence-corrected chi connectivity index (χ4v) is 2.64. The van der Waals surface area contributed by atoms with Crippen molar-refractivity contribution in [2.24, 2.45) is 0 Å². The summed E-state index contributed by atoms with van der Waals surface area (Å²) in [6.07, 6.45) is 14.5. The third-order valence-electron chi connectivity index (χ3n) is 4.41. The molecule has 0 heterocycles. The van der Waals surface area contributed by atoms with Crippen molar-refractivity contribution >= 4 is 29.3 Å². The summed E-state index contributed by atoms with van der Waals surface area (Å²) in [6, 6.07) is 0. The van der Waals surface area contributed by atoms with Crippen LogP contribution in [0.2, 0.25) is 0 Å². The first-order chi connectivity index (χ1) is 13.8. The largest absolute Gasteiger partial charge is 0.481 e. The lowest BCUT2D eigenvalue weighted by atomic mass is 10.0. The predicted molar refractivity (Wildman–Crippen MR) is 115 cm³/mol. The maximum absolute atomic E-state index is 11.1. The van der Waals surface area contributed by atoms with E-state index < -0.39 is 29.3 Å². The molecule has 0 aliphatic heterocycles. The Morgan fingerprint density at radius 3 is 1.27 bits per heavy atom. The van der Waals surface area contributed by atoms with Gasteiger partial charge in [-0.15, -0.1) is 0 Å². The Morgan fingerprint density at radius 1 is 0.533 bits per heavy atom. The maximum Gasteiger partial charge on any atom is 0.380 e. The highest BCUT2D eigenvalue weighted by molar-refractivity contribution is 6.76. The Balaban J connectivity index is -0.000000480. The average molecular weight is 433 g/mol. The van der Waals surface area contributed by atoms with E-state index >= 15 is 0 Å². The third-order valence-corrected chi connectivity index (χ3v) is 4.41. The van der Waals surface area contributed by atoms with Crippen molar-refractivity contribution in [2.75, 3.05) is 0 Å². The quantitative estimate of drug-likeness (QED) is 0.189. The molecule has 4 N–H and O–H groups in total. The fraction of sp³-hybridized carbons (Fsp3) is 0.773. The molecule has 0 fully saturated rings. The Labute approximate surface area is 179 Å². The zero-order chi connectivity index (χ0) is 22.5. The number of unbranched alkanes of at least 4 members (excludes halogenated alkanes) is 11. The molecule has 0 saturated heterocycles. The molecule has 0 saturated carbocycles. The van der Waals surface area contributed by atoms with Gasteiger partial charge in [0.25, 0.3) is 5.78 Å². The molecule has 0 amide bonds. The number of Topliss-reactive ketones (excluding diaryl/α,β-unsaturated/α-hetero) is 3. The monoisotopic (exact) mass is 432 g/mol. The second kappa shape index (κ2) is 23.2. The molecule has 0 radical (unpaired) electrons. The van der Waals surface area contributed by atoms with Crippen LogP contribution in [0.5, 0.6) is 0 Å². The van der Waals surface area contributed by atoms with E-state index in [1.807, 2.05) is 0 Å². The summed E-state index contributed by atoms with van der Waals surface area (Å²) in [7, 11) is 0. The summed E-state index contributed by atoms with van der Waals surface area (Å²) in [5.74, 6) is -6.49. The maximum atomic E-state index is 11.1. The van der Waals surface area contributed by atoms with Crippen molar-refractivity contribution in [1.29, 1.82) is 0 Å². The van der Waals surface area contributed by atoms with Crippen molar-refractivity contribution in [3.63, 3.8) is 0 Å². The molecule has 0 rings (SSSR count). The molecule has 0 spiro atoms. The lowest BCUT2D eigenvalue weighted by Crippen LogP contribution is -2.29. The SMILES string of the molecule is CCCCCCCC(=O)C(=O)C(=O)C(=O)O.CCCCCCCCCCC(=O)O.O. The molecule has 8 nitrogen and oxygen atoms in total. The molecule has 0 unspecified atom stereocenters. The van der Waals surface area contributed by atoms with Crippen LogP contribution in [0.1, 0.15) is 110 Å². The van der Waals surface area contributed by atoms with Gasteiger partial charge in [0.15, 0.2) is 0 Å². The van der Waals surface area contributed by atoms with Crippen LogP contribution >= 0.6 is 0 Å². The van der Waals surface area contributed by atoms with E-state index in [1.54, 1.807) is 0 Å². The summed E-state index contributed by atoms with van der Waals surface area (Å²) < 4.78 is 0. The van der Waals surface area contributed by atoms with E-state index in [0.717, 1.165) is 38.5 Å². The van der Waals surface area contributed by atoms with E-state index in [1.165, 1.54) is 38.5 Å². The van der Waals surface area contributed by atoms with Gasteiger partial charge in [0.2, 0.25) is 5.78 Å². The van der Waals surface area contributed by atoms with Crippen LogP contribution < -0.4 is 0 Å². The number of carboxylic acids is 2. The molecule has 0 aromatic rings. The predicted octanol–water partition coefficient (Wildman–Crippen LogP) is 3.92. The van der Waals surface area contributed by atoms with Crippen molar-refractivity contribution in [3.8, 4) is 0 Å². The molecule has 0 aromatic carbocycles. The van der Waals surface area contributed by atoms with Gasteiger partial charge in [0.1, 0.15) is 0 Å². The molecule has 30 heavy (non-hydrogen) atoms. The number of aliphatic carboxylic acids is 2. The van der Waals surface area contributed by atoms with Gasteiger partial charge in [0, 0.05) is 12.8 Å². The molecule has 176 valence electrons. The first kappa shape index (κ1) is 32.6. The van der Waals surface area contributed by atoms with E-state index in [2.05, 4.69) is 13.8 Å². The summed E-state index contributed by atoms with van der Waals surface area (Å²) in [4.78, 5) is 53.0. The van der Waals surface area contributed by atoms with Crippen LogP contribution in [-0.2, 0) is 24.0 Å². The minimum absolute atomic E-state index is 0. The van der Waals surface area contributed by atoms with Crippen LogP contribution in [0.25, 0.3) is 0 Å². The summed E-state index contributed by atoms with van der Waals surface area (Å²) in [6.45, 7) is 4.27. The first-order valence-corrected chi connectivity index (χ1v) is 10.8. The summed E-state index contributed by atoms with van der Waals surface area (Å²) >= 11 is 0. The van der Waals surface area contributed by atoms with Gasteiger partial charge in [0.05, 0.1) is 0 Å². The Hall–Kier alpha value is -2.09. The van der Waals surface area contributed by atoms with Crippen LogP contribution in [0.3, 0.4) is 0 Å². The van der Waals surface area contributed by atoms with E-state index in [-0.39, 0.29) is 11.9 Å². The molecule has 0 atom stereocenters. The Morgan fingerprint density at radius 2 is 0.900 bits per heavy atom.